The van der Waals surface area contributed by atoms with E-state index < -0.39 is 0 Å². The normalized spacial score (nSPS) is 10.2. The molecule has 0 fully saturated rings. The number of methoxy groups -OCH3 is 1. The molecule has 0 atom stereocenters. The third-order valence-corrected chi connectivity index (χ3v) is 3.35. The van der Waals surface area contributed by atoms with Crippen molar-refractivity contribution in [3.05, 3.63) is 33.1 Å². The lowest BCUT2D eigenvalue weighted by atomic mass is 10.3. The predicted molar refractivity (Wildman–Crippen MR) is 80.4 cm³/mol. The van der Waals surface area contributed by atoms with Crippen LogP contribution in [0.4, 0.5) is 17.3 Å². The first-order chi connectivity index (χ1) is 8.61. The van der Waals surface area contributed by atoms with Crippen LogP contribution < -0.4 is 15.8 Å². The Labute approximate surface area is 123 Å². The van der Waals surface area contributed by atoms with Crippen molar-refractivity contribution in [3.63, 3.8) is 0 Å². The highest BCUT2D eigenvalue weighted by molar-refractivity contribution is 14.1. The van der Waals surface area contributed by atoms with Crippen molar-refractivity contribution in [1.82, 2.24) is 9.97 Å². The van der Waals surface area contributed by atoms with Gasteiger partial charge in [0.1, 0.15) is 6.33 Å². The quantitative estimate of drug-likeness (QED) is 0.806. The molecule has 0 radical (unpaired) electrons. The minimum Gasteiger partial charge on any atom is -0.490 e. The molecule has 1 aromatic carbocycles. The molecule has 0 aliphatic heterocycles. The SMILES string of the molecule is COc1c(N)ncnc1Nc1ccc(Cl)cc1I. The Morgan fingerprint density at radius 1 is 1.39 bits per heavy atom. The smallest absolute Gasteiger partial charge is 0.204 e. The molecule has 0 spiro atoms. The van der Waals surface area contributed by atoms with Crippen molar-refractivity contribution in [2.24, 2.45) is 0 Å². The van der Waals surface area contributed by atoms with Crippen molar-refractivity contribution in [2.75, 3.05) is 18.2 Å². The average molecular weight is 377 g/mol. The molecule has 0 saturated heterocycles. The second-order valence-corrected chi connectivity index (χ2v) is 4.99. The average Bonchev–Trinajstić information content (AvgIpc) is 2.33. The fraction of sp³-hybridized carbons (Fsp3) is 0.0909. The van der Waals surface area contributed by atoms with E-state index in [4.69, 9.17) is 22.1 Å². The molecule has 94 valence electrons. The molecule has 1 heterocycles. The van der Waals surface area contributed by atoms with Crippen LogP contribution >= 0.6 is 34.2 Å². The number of benzene rings is 1. The summed E-state index contributed by atoms with van der Waals surface area (Å²) in [5.74, 6) is 1.23. The highest BCUT2D eigenvalue weighted by Gasteiger charge is 2.11. The summed E-state index contributed by atoms with van der Waals surface area (Å²) in [6.07, 6.45) is 1.38. The van der Waals surface area contributed by atoms with E-state index in [0.717, 1.165) is 9.26 Å². The highest BCUT2D eigenvalue weighted by atomic mass is 127. The molecule has 0 unspecified atom stereocenters. The lowest BCUT2D eigenvalue weighted by molar-refractivity contribution is 0.415. The van der Waals surface area contributed by atoms with E-state index >= 15 is 0 Å². The number of hydrogen-bond acceptors (Lipinski definition) is 5. The summed E-state index contributed by atoms with van der Waals surface area (Å²) in [7, 11) is 1.52. The third-order valence-electron chi connectivity index (χ3n) is 2.22. The summed E-state index contributed by atoms with van der Waals surface area (Å²) in [5.41, 5.74) is 6.58. The van der Waals surface area contributed by atoms with Crippen molar-refractivity contribution in [1.29, 1.82) is 0 Å². The summed E-state index contributed by atoms with van der Waals surface area (Å²) in [6.45, 7) is 0. The number of rotatable bonds is 3. The molecule has 0 saturated carbocycles. The van der Waals surface area contributed by atoms with E-state index in [1.807, 2.05) is 12.1 Å². The number of hydrogen-bond donors (Lipinski definition) is 2. The van der Waals surface area contributed by atoms with Gasteiger partial charge in [0.15, 0.2) is 11.6 Å². The van der Waals surface area contributed by atoms with Gasteiger partial charge in [-0.1, -0.05) is 11.6 Å². The molecule has 3 N–H and O–H groups in total. The van der Waals surface area contributed by atoms with Gasteiger partial charge in [-0.25, -0.2) is 9.97 Å². The minimum absolute atomic E-state index is 0.291. The first-order valence-electron chi connectivity index (χ1n) is 4.98. The van der Waals surface area contributed by atoms with Crippen LogP contribution in [0.5, 0.6) is 5.75 Å². The molecule has 2 aromatic rings. The van der Waals surface area contributed by atoms with Crippen LogP contribution in [-0.2, 0) is 0 Å². The third kappa shape index (κ3) is 2.75. The number of aromatic nitrogens is 2. The first-order valence-corrected chi connectivity index (χ1v) is 6.44. The van der Waals surface area contributed by atoms with Gasteiger partial charge in [-0.3, -0.25) is 0 Å². The topological polar surface area (TPSA) is 73.1 Å². The van der Waals surface area contributed by atoms with E-state index in [1.165, 1.54) is 13.4 Å². The van der Waals surface area contributed by atoms with Gasteiger partial charge in [-0.05, 0) is 40.8 Å². The minimum atomic E-state index is 0.291. The fourth-order valence-electron chi connectivity index (χ4n) is 1.40. The van der Waals surface area contributed by atoms with Gasteiger partial charge in [-0.2, -0.15) is 0 Å². The van der Waals surface area contributed by atoms with Crippen molar-refractivity contribution >= 4 is 51.5 Å². The van der Waals surface area contributed by atoms with Crippen molar-refractivity contribution in [2.45, 2.75) is 0 Å². The standard InChI is InChI=1S/C11H10ClIN4O/c1-18-9-10(14)15-5-16-11(9)17-8-3-2-6(12)4-7(8)13/h2-5H,1H3,(H3,14,15,16,17). The molecule has 1 aromatic heterocycles. The van der Waals surface area contributed by atoms with Crippen LogP contribution in [0.3, 0.4) is 0 Å². The van der Waals surface area contributed by atoms with Crippen molar-refractivity contribution < 1.29 is 4.74 Å². The van der Waals surface area contributed by atoms with Crippen LogP contribution in [-0.4, -0.2) is 17.1 Å². The molecule has 0 amide bonds. The van der Waals surface area contributed by atoms with Crippen LogP contribution in [0.1, 0.15) is 0 Å². The Hall–Kier alpha value is -1.28. The number of anilines is 3. The predicted octanol–water partition coefficient (Wildman–Crippen LogP) is 3.07. The van der Waals surface area contributed by atoms with Gasteiger partial charge in [0.25, 0.3) is 0 Å². The molecule has 0 aliphatic carbocycles. The van der Waals surface area contributed by atoms with Crippen LogP contribution in [0.15, 0.2) is 24.5 Å². The van der Waals surface area contributed by atoms with E-state index in [2.05, 4.69) is 37.9 Å². The van der Waals surface area contributed by atoms with Crippen LogP contribution in [0.25, 0.3) is 0 Å². The molecule has 0 bridgehead atoms. The van der Waals surface area contributed by atoms with E-state index in [1.54, 1.807) is 6.07 Å². The zero-order valence-corrected chi connectivity index (χ0v) is 12.4. The Balaban J connectivity index is 2.37. The second kappa shape index (κ2) is 5.57. The number of nitrogens with one attached hydrogen (secondary N) is 1. The van der Waals surface area contributed by atoms with Gasteiger partial charge >= 0.3 is 0 Å². The van der Waals surface area contributed by atoms with E-state index in [9.17, 15) is 0 Å². The van der Waals surface area contributed by atoms with Crippen LogP contribution in [0, 0.1) is 3.57 Å². The van der Waals surface area contributed by atoms with Gasteiger partial charge < -0.3 is 15.8 Å². The Bertz CT molecular complexity index is 579. The fourth-order valence-corrected chi connectivity index (χ4v) is 2.40. The summed E-state index contributed by atoms with van der Waals surface area (Å²) < 4.78 is 6.14. The van der Waals surface area contributed by atoms with E-state index in [-0.39, 0.29) is 0 Å². The van der Waals surface area contributed by atoms with Crippen molar-refractivity contribution in [3.8, 4) is 5.75 Å². The number of nitrogen functional groups attached to an aromatic ring is 1. The Kier molecular flexibility index (Phi) is 4.07. The number of ether oxygens (including phenoxy) is 1. The highest BCUT2D eigenvalue weighted by Crippen LogP contribution is 2.31. The zero-order valence-electron chi connectivity index (χ0n) is 9.45. The van der Waals surface area contributed by atoms with E-state index in [0.29, 0.717) is 22.4 Å². The summed E-state index contributed by atoms with van der Waals surface area (Å²) in [6, 6.07) is 5.51. The van der Waals surface area contributed by atoms with Gasteiger partial charge in [0, 0.05) is 8.59 Å². The lowest BCUT2D eigenvalue weighted by Crippen LogP contribution is -2.03. The molecule has 2 rings (SSSR count). The molecular formula is C11H10ClIN4O. The Morgan fingerprint density at radius 2 is 2.17 bits per heavy atom. The lowest BCUT2D eigenvalue weighted by Gasteiger charge is -2.12. The molecule has 18 heavy (non-hydrogen) atoms. The van der Waals surface area contributed by atoms with Gasteiger partial charge in [0.2, 0.25) is 5.75 Å². The largest absolute Gasteiger partial charge is 0.490 e. The monoisotopic (exact) mass is 376 g/mol. The number of halogens is 2. The zero-order chi connectivity index (χ0) is 13.1. The maximum Gasteiger partial charge on any atom is 0.204 e. The number of nitrogens with two attached hydrogens (primary N) is 1. The molecule has 5 nitrogen and oxygen atoms in total. The molecular weight excluding hydrogens is 367 g/mol. The Morgan fingerprint density at radius 3 is 2.83 bits per heavy atom. The molecule has 7 heteroatoms. The first kappa shape index (κ1) is 13.2. The summed E-state index contributed by atoms with van der Waals surface area (Å²) in [4.78, 5) is 7.97. The molecule has 0 aliphatic rings. The number of nitrogens with zero attached hydrogens (tertiary/aromatic N) is 2. The maximum absolute atomic E-state index is 5.90. The van der Waals surface area contributed by atoms with Crippen LogP contribution in [0.2, 0.25) is 5.02 Å². The maximum atomic E-state index is 5.90. The van der Waals surface area contributed by atoms with Gasteiger partial charge in [0.05, 0.1) is 12.8 Å². The second-order valence-electron chi connectivity index (χ2n) is 3.39. The summed E-state index contributed by atoms with van der Waals surface area (Å²) in [5, 5.41) is 3.82. The summed E-state index contributed by atoms with van der Waals surface area (Å²) >= 11 is 8.08. The van der Waals surface area contributed by atoms with Gasteiger partial charge in [-0.15, -0.1) is 0 Å².